The number of nitrogens with zero attached hydrogens (tertiary/aromatic N) is 1. The van der Waals surface area contributed by atoms with Crippen LogP contribution >= 0.6 is 0 Å². The Morgan fingerprint density at radius 1 is 1.10 bits per heavy atom. The van der Waals surface area contributed by atoms with E-state index in [0.29, 0.717) is 6.04 Å². The molecule has 1 N–H and O–H groups in total. The number of rotatable bonds is 4. The van der Waals surface area contributed by atoms with Gasteiger partial charge in [-0.25, -0.2) is 0 Å². The van der Waals surface area contributed by atoms with E-state index in [1.165, 1.54) is 16.7 Å². The lowest BCUT2D eigenvalue weighted by molar-refractivity contribution is 0.571. The van der Waals surface area contributed by atoms with Crippen molar-refractivity contribution in [3.63, 3.8) is 0 Å². The molecular weight excluding hydrogens is 244 g/mol. The number of hydrogen-bond donors (Lipinski definition) is 1. The van der Waals surface area contributed by atoms with E-state index in [1.807, 2.05) is 18.2 Å². The van der Waals surface area contributed by atoms with Gasteiger partial charge in [-0.3, -0.25) is 0 Å². The maximum absolute atomic E-state index is 8.88. The molecule has 2 heteroatoms. The first-order chi connectivity index (χ1) is 9.61. The van der Waals surface area contributed by atoms with Crippen molar-refractivity contribution < 1.29 is 0 Å². The molecule has 2 aromatic rings. The molecule has 20 heavy (non-hydrogen) atoms. The zero-order valence-corrected chi connectivity index (χ0v) is 12.3. The standard InChI is InChI=1S/C18H20N2/c1-13-6-4-5-7-18(13)15(3)20-12-17-9-8-16(11-19)10-14(17)2/h4-10,15,20H,12H2,1-3H3/t15-/m1/s1. The Labute approximate surface area is 121 Å². The first kappa shape index (κ1) is 14.3. The van der Waals surface area contributed by atoms with Gasteiger partial charge in [0, 0.05) is 12.6 Å². The molecule has 2 nitrogen and oxygen atoms in total. The molecule has 0 spiro atoms. The summed E-state index contributed by atoms with van der Waals surface area (Å²) in [6, 6.07) is 16.8. The minimum atomic E-state index is 0.311. The Balaban J connectivity index is 2.06. The summed E-state index contributed by atoms with van der Waals surface area (Å²) in [5.41, 5.74) is 5.76. The SMILES string of the molecule is Cc1cc(C#N)ccc1CN[C@H](C)c1ccccc1C. The van der Waals surface area contributed by atoms with Crippen LogP contribution < -0.4 is 5.32 Å². The van der Waals surface area contributed by atoms with E-state index in [4.69, 9.17) is 5.26 Å². The van der Waals surface area contributed by atoms with Gasteiger partial charge in [-0.05, 0) is 55.2 Å². The summed E-state index contributed by atoms with van der Waals surface area (Å²) in [7, 11) is 0. The van der Waals surface area contributed by atoms with Crippen LogP contribution in [0.25, 0.3) is 0 Å². The lowest BCUT2D eigenvalue weighted by Crippen LogP contribution is -2.19. The second-order valence-electron chi connectivity index (χ2n) is 5.21. The van der Waals surface area contributed by atoms with Crippen LogP contribution in [0.3, 0.4) is 0 Å². The van der Waals surface area contributed by atoms with Gasteiger partial charge in [-0.15, -0.1) is 0 Å². The van der Waals surface area contributed by atoms with Crippen LogP contribution in [0.1, 0.15) is 40.8 Å². The Kier molecular flexibility index (Phi) is 4.55. The van der Waals surface area contributed by atoms with Gasteiger partial charge in [0.2, 0.25) is 0 Å². The van der Waals surface area contributed by atoms with Crippen LogP contribution in [0.5, 0.6) is 0 Å². The molecule has 2 aromatic carbocycles. The lowest BCUT2D eigenvalue weighted by atomic mass is 10.0. The highest BCUT2D eigenvalue weighted by atomic mass is 14.9. The third-order valence-corrected chi connectivity index (χ3v) is 3.73. The molecule has 102 valence electrons. The fourth-order valence-electron chi connectivity index (χ4n) is 2.41. The number of nitrogens with one attached hydrogen (secondary N) is 1. The van der Waals surface area contributed by atoms with Crippen LogP contribution in [0.15, 0.2) is 42.5 Å². The second-order valence-corrected chi connectivity index (χ2v) is 5.21. The predicted molar refractivity (Wildman–Crippen MR) is 82.3 cm³/mol. The molecule has 0 aliphatic rings. The monoisotopic (exact) mass is 264 g/mol. The molecule has 0 aliphatic heterocycles. The van der Waals surface area contributed by atoms with Crippen molar-refractivity contribution in [2.45, 2.75) is 33.4 Å². The fraction of sp³-hybridized carbons (Fsp3) is 0.278. The number of hydrogen-bond acceptors (Lipinski definition) is 2. The van der Waals surface area contributed by atoms with Crippen LogP contribution in [0.4, 0.5) is 0 Å². The van der Waals surface area contributed by atoms with Crippen LogP contribution in [0.2, 0.25) is 0 Å². The molecule has 0 bridgehead atoms. The summed E-state index contributed by atoms with van der Waals surface area (Å²) in [6.07, 6.45) is 0. The minimum Gasteiger partial charge on any atom is -0.306 e. The van der Waals surface area contributed by atoms with E-state index in [1.54, 1.807) is 0 Å². The van der Waals surface area contributed by atoms with Gasteiger partial charge in [0.25, 0.3) is 0 Å². The molecule has 0 unspecified atom stereocenters. The van der Waals surface area contributed by atoms with E-state index in [2.05, 4.69) is 56.4 Å². The number of benzene rings is 2. The zero-order chi connectivity index (χ0) is 14.5. The van der Waals surface area contributed by atoms with Gasteiger partial charge in [0.1, 0.15) is 0 Å². The summed E-state index contributed by atoms with van der Waals surface area (Å²) in [5, 5.41) is 12.4. The Morgan fingerprint density at radius 3 is 2.50 bits per heavy atom. The van der Waals surface area contributed by atoms with Crippen molar-refractivity contribution in [2.75, 3.05) is 0 Å². The topological polar surface area (TPSA) is 35.8 Å². The van der Waals surface area contributed by atoms with Crippen LogP contribution in [-0.2, 0) is 6.54 Å². The Hall–Kier alpha value is -2.11. The molecule has 2 rings (SSSR count). The van der Waals surface area contributed by atoms with Crippen LogP contribution in [0, 0.1) is 25.2 Å². The van der Waals surface area contributed by atoms with E-state index in [9.17, 15) is 0 Å². The number of nitriles is 1. The van der Waals surface area contributed by atoms with Crippen molar-refractivity contribution >= 4 is 0 Å². The normalized spacial score (nSPS) is 11.9. The molecule has 0 heterocycles. The average molecular weight is 264 g/mol. The highest BCUT2D eigenvalue weighted by molar-refractivity contribution is 5.37. The minimum absolute atomic E-state index is 0.311. The lowest BCUT2D eigenvalue weighted by Gasteiger charge is -2.17. The molecule has 0 saturated heterocycles. The third-order valence-electron chi connectivity index (χ3n) is 3.73. The third kappa shape index (κ3) is 3.26. The van der Waals surface area contributed by atoms with Crippen LogP contribution in [-0.4, -0.2) is 0 Å². The van der Waals surface area contributed by atoms with E-state index < -0.39 is 0 Å². The smallest absolute Gasteiger partial charge is 0.0991 e. The van der Waals surface area contributed by atoms with Crippen molar-refractivity contribution in [1.82, 2.24) is 5.32 Å². The Morgan fingerprint density at radius 2 is 1.85 bits per heavy atom. The van der Waals surface area contributed by atoms with E-state index >= 15 is 0 Å². The average Bonchev–Trinajstić information content (AvgIpc) is 2.46. The van der Waals surface area contributed by atoms with Crippen molar-refractivity contribution in [3.8, 4) is 6.07 Å². The Bertz CT molecular complexity index is 638. The van der Waals surface area contributed by atoms with Gasteiger partial charge in [0.15, 0.2) is 0 Å². The summed E-state index contributed by atoms with van der Waals surface area (Å²) >= 11 is 0. The first-order valence-electron chi connectivity index (χ1n) is 6.90. The molecule has 0 radical (unpaired) electrons. The molecule has 1 atom stereocenters. The van der Waals surface area contributed by atoms with E-state index in [-0.39, 0.29) is 0 Å². The molecule has 0 saturated carbocycles. The molecular formula is C18H20N2. The van der Waals surface area contributed by atoms with Gasteiger partial charge >= 0.3 is 0 Å². The number of aryl methyl sites for hydroxylation is 2. The first-order valence-corrected chi connectivity index (χ1v) is 6.90. The fourth-order valence-corrected chi connectivity index (χ4v) is 2.41. The van der Waals surface area contributed by atoms with Gasteiger partial charge in [-0.1, -0.05) is 30.3 Å². The summed E-state index contributed by atoms with van der Waals surface area (Å²) < 4.78 is 0. The maximum atomic E-state index is 8.88. The highest BCUT2D eigenvalue weighted by Gasteiger charge is 2.08. The summed E-state index contributed by atoms with van der Waals surface area (Å²) in [5.74, 6) is 0. The van der Waals surface area contributed by atoms with Gasteiger partial charge in [0.05, 0.1) is 11.6 Å². The second kappa shape index (κ2) is 6.36. The molecule has 0 amide bonds. The quantitative estimate of drug-likeness (QED) is 0.905. The van der Waals surface area contributed by atoms with Crippen molar-refractivity contribution in [3.05, 3.63) is 70.3 Å². The maximum Gasteiger partial charge on any atom is 0.0991 e. The highest BCUT2D eigenvalue weighted by Crippen LogP contribution is 2.18. The van der Waals surface area contributed by atoms with E-state index in [0.717, 1.165) is 17.7 Å². The zero-order valence-electron chi connectivity index (χ0n) is 12.3. The van der Waals surface area contributed by atoms with Crippen molar-refractivity contribution in [2.24, 2.45) is 0 Å². The molecule has 0 aliphatic carbocycles. The van der Waals surface area contributed by atoms with Gasteiger partial charge in [-0.2, -0.15) is 5.26 Å². The summed E-state index contributed by atoms with van der Waals surface area (Å²) in [6.45, 7) is 7.19. The predicted octanol–water partition coefficient (Wildman–Crippen LogP) is 4.03. The summed E-state index contributed by atoms with van der Waals surface area (Å²) in [4.78, 5) is 0. The van der Waals surface area contributed by atoms with Gasteiger partial charge < -0.3 is 5.32 Å². The molecule has 0 aromatic heterocycles. The van der Waals surface area contributed by atoms with Crippen molar-refractivity contribution in [1.29, 1.82) is 5.26 Å². The molecule has 0 fully saturated rings. The largest absolute Gasteiger partial charge is 0.306 e.